The zero-order valence-corrected chi connectivity index (χ0v) is 16.1. The van der Waals surface area contributed by atoms with E-state index < -0.39 is 0 Å². The number of rotatable bonds is 3. The van der Waals surface area contributed by atoms with E-state index in [0.717, 1.165) is 16.1 Å². The molecule has 0 saturated heterocycles. The van der Waals surface area contributed by atoms with E-state index in [4.69, 9.17) is 11.6 Å². The molecule has 0 aliphatic rings. The molecule has 0 fully saturated rings. The van der Waals surface area contributed by atoms with Crippen molar-refractivity contribution in [1.29, 1.82) is 0 Å². The van der Waals surface area contributed by atoms with Crippen LogP contribution in [0.25, 0.3) is 20.8 Å². The Labute approximate surface area is 165 Å². The SMILES string of the molecule is Cc1ccc2nc(-c3ccc(NC(=O)Nc4cccc(Cl)c4)cc3)sc2c1. The van der Waals surface area contributed by atoms with Crippen LogP contribution < -0.4 is 10.6 Å². The van der Waals surface area contributed by atoms with Crippen LogP contribution in [0.4, 0.5) is 16.2 Å². The summed E-state index contributed by atoms with van der Waals surface area (Å²) in [6.45, 7) is 2.08. The normalized spacial score (nSPS) is 10.7. The van der Waals surface area contributed by atoms with Crippen molar-refractivity contribution in [2.45, 2.75) is 6.92 Å². The Morgan fingerprint density at radius 2 is 1.74 bits per heavy atom. The fourth-order valence-corrected chi connectivity index (χ4v) is 3.97. The molecule has 6 heteroatoms. The summed E-state index contributed by atoms with van der Waals surface area (Å²) in [4.78, 5) is 16.8. The topological polar surface area (TPSA) is 54.0 Å². The summed E-state index contributed by atoms with van der Waals surface area (Å²) < 4.78 is 1.17. The van der Waals surface area contributed by atoms with Gasteiger partial charge in [-0.25, -0.2) is 9.78 Å². The summed E-state index contributed by atoms with van der Waals surface area (Å²) in [6, 6.07) is 20.6. The number of aryl methyl sites for hydroxylation is 1. The fraction of sp³-hybridized carbons (Fsp3) is 0.0476. The minimum absolute atomic E-state index is 0.319. The Hall–Kier alpha value is -2.89. The van der Waals surface area contributed by atoms with E-state index in [2.05, 4.69) is 34.7 Å². The number of thiazole rings is 1. The molecule has 0 bridgehead atoms. The molecule has 4 aromatic rings. The van der Waals surface area contributed by atoms with Crippen LogP contribution in [-0.2, 0) is 0 Å². The van der Waals surface area contributed by atoms with Gasteiger partial charge in [0.2, 0.25) is 0 Å². The molecule has 4 rings (SSSR count). The summed E-state index contributed by atoms with van der Waals surface area (Å²) in [5.74, 6) is 0. The third-order valence-electron chi connectivity index (χ3n) is 4.02. The van der Waals surface area contributed by atoms with Crippen LogP contribution in [-0.4, -0.2) is 11.0 Å². The third-order valence-corrected chi connectivity index (χ3v) is 5.32. The van der Waals surface area contributed by atoms with Crippen molar-refractivity contribution in [1.82, 2.24) is 4.98 Å². The molecule has 2 amide bonds. The van der Waals surface area contributed by atoms with Crippen molar-refractivity contribution in [2.24, 2.45) is 0 Å². The van der Waals surface area contributed by atoms with Crippen molar-refractivity contribution in [2.75, 3.05) is 10.6 Å². The number of nitrogens with zero attached hydrogens (tertiary/aromatic N) is 1. The zero-order valence-electron chi connectivity index (χ0n) is 14.5. The number of anilines is 2. The number of fused-ring (bicyclic) bond motifs is 1. The van der Waals surface area contributed by atoms with Crippen LogP contribution in [0.2, 0.25) is 5.02 Å². The monoisotopic (exact) mass is 393 g/mol. The lowest BCUT2D eigenvalue weighted by atomic mass is 10.2. The van der Waals surface area contributed by atoms with Gasteiger partial charge >= 0.3 is 6.03 Å². The number of benzene rings is 3. The van der Waals surface area contributed by atoms with E-state index in [9.17, 15) is 4.79 Å². The smallest absolute Gasteiger partial charge is 0.308 e. The Morgan fingerprint density at radius 1 is 0.963 bits per heavy atom. The summed E-state index contributed by atoms with van der Waals surface area (Å²) in [6.07, 6.45) is 0. The van der Waals surface area contributed by atoms with Crippen LogP contribution >= 0.6 is 22.9 Å². The van der Waals surface area contributed by atoms with Gasteiger partial charge in [-0.2, -0.15) is 0 Å². The van der Waals surface area contributed by atoms with Gasteiger partial charge < -0.3 is 10.6 Å². The standard InChI is InChI=1S/C21H16ClN3OS/c1-13-5-10-18-19(11-13)27-20(25-18)14-6-8-16(9-7-14)23-21(26)24-17-4-2-3-15(22)12-17/h2-12H,1H3,(H2,23,24,26). The van der Waals surface area contributed by atoms with Crippen LogP contribution in [0.5, 0.6) is 0 Å². The number of nitrogens with one attached hydrogen (secondary N) is 2. The molecule has 0 aliphatic carbocycles. The predicted octanol–water partition coefficient (Wildman–Crippen LogP) is 6.57. The zero-order chi connectivity index (χ0) is 18.8. The van der Waals surface area contributed by atoms with Gasteiger partial charge in [-0.15, -0.1) is 11.3 Å². The summed E-state index contributed by atoms with van der Waals surface area (Å²) >= 11 is 7.59. The molecule has 0 spiro atoms. The highest BCUT2D eigenvalue weighted by atomic mass is 35.5. The molecule has 2 N–H and O–H groups in total. The summed E-state index contributed by atoms with van der Waals surface area (Å²) in [5.41, 5.74) is 4.60. The van der Waals surface area contributed by atoms with Gasteiger partial charge in [0.05, 0.1) is 10.2 Å². The Balaban J connectivity index is 1.47. The highest BCUT2D eigenvalue weighted by Gasteiger charge is 2.08. The van der Waals surface area contributed by atoms with E-state index in [-0.39, 0.29) is 6.03 Å². The van der Waals surface area contributed by atoms with Crippen molar-refractivity contribution < 1.29 is 4.79 Å². The van der Waals surface area contributed by atoms with Gasteiger partial charge in [-0.1, -0.05) is 23.7 Å². The van der Waals surface area contributed by atoms with Gasteiger partial charge in [-0.3, -0.25) is 0 Å². The van der Waals surface area contributed by atoms with Gasteiger partial charge in [0, 0.05) is 22.0 Å². The second-order valence-corrected chi connectivity index (χ2v) is 7.62. The molecule has 0 unspecified atom stereocenters. The first-order valence-electron chi connectivity index (χ1n) is 8.38. The molecule has 0 aliphatic heterocycles. The quantitative estimate of drug-likeness (QED) is 0.413. The number of halogens is 1. The maximum absolute atomic E-state index is 12.1. The molecule has 0 atom stereocenters. The van der Waals surface area contributed by atoms with Crippen LogP contribution in [0, 0.1) is 6.92 Å². The fourth-order valence-electron chi connectivity index (χ4n) is 2.71. The number of carbonyl (C=O) groups is 1. The maximum atomic E-state index is 12.1. The van der Waals surface area contributed by atoms with Crippen LogP contribution in [0.1, 0.15) is 5.56 Å². The molecule has 4 nitrogen and oxygen atoms in total. The Morgan fingerprint density at radius 3 is 2.52 bits per heavy atom. The molecule has 134 valence electrons. The van der Waals surface area contributed by atoms with Crippen molar-refractivity contribution >= 4 is 50.6 Å². The number of aromatic nitrogens is 1. The number of urea groups is 1. The van der Waals surface area contributed by atoms with E-state index in [0.29, 0.717) is 16.4 Å². The molecular formula is C21H16ClN3OS. The summed E-state index contributed by atoms with van der Waals surface area (Å²) in [5, 5.41) is 7.10. The number of hydrogen-bond acceptors (Lipinski definition) is 3. The Kier molecular flexibility index (Phi) is 4.79. The van der Waals surface area contributed by atoms with Crippen molar-refractivity contribution in [3.05, 3.63) is 77.3 Å². The van der Waals surface area contributed by atoms with Crippen molar-refractivity contribution in [3.8, 4) is 10.6 Å². The lowest BCUT2D eigenvalue weighted by Gasteiger charge is -2.08. The number of carbonyl (C=O) groups excluding carboxylic acids is 1. The third kappa shape index (κ3) is 4.10. The maximum Gasteiger partial charge on any atom is 0.323 e. The first kappa shape index (κ1) is 17.5. The lowest BCUT2D eigenvalue weighted by molar-refractivity contribution is 0.262. The lowest BCUT2D eigenvalue weighted by Crippen LogP contribution is -2.19. The van der Waals surface area contributed by atoms with Gasteiger partial charge in [0.15, 0.2) is 0 Å². The van der Waals surface area contributed by atoms with E-state index >= 15 is 0 Å². The second kappa shape index (κ2) is 7.39. The largest absolute Gasteiger partial charge is 0.323 e. The number of amides is 2. The highest BCUT2D eigenvalue weighted by molar-refractivity contribution is 7.21. The first-order valence-corrected chi connectivity index (χ1v) is 9.57. The van der Waals surface area contributed by atoms with Crippen LogP contribution in [0.3, 0.4) is 0 Å². The molecular weight excluding hydrogens is 378 g/mol. The van der Waals surface area contributed by atoms with E-state index in [1.807, 2.05) is 30.3 Å². The van der Waals surface area contributed by atoms with E-state index in [1.165, 1.54) is 10.3 Å². The first-order chi connectivity index (χ1) is 13.1. The van der Waals surface area contributed by atoms with Crippen LogP contribution in [0.15, 0.2) is 66.7 Å². The Bertz CT molecular complexity index is 1120. The van der Waals surface area contributed by atoms with Gasteiger partial charge in [0.25, 0.3) is 0 Å². The second-order valence-electron chi connectivity index (χ2n) is 6.16. The average molecular weight is 394 g/mol. The molecule has 1 heterocycles. The van der Waals surface area contributed by atoms with Gasteiger partial charge in [0.1, 0.15) is 5.01 Å². The number of hydrogen-bond donors (Lipinski definition) is 2. The highest BCUT2D eigenvalue weighted by Crippen LogP contribution is 2.31. The van der Waals surface area contributed by atoms with E-state index in [1.54, 1.807) is 35.6 Å². The average Bonchev–Trinajstić information content (AvgIpc) is 3.05. The van der Waals surface area contributed by atoms with Crippen molar-refractivity contribution in [3.63, 3.8) is 0 Å². The molecule has 3 aromatic carbocycles. The summed E-state index contributed by atoms with van der Waals surface area (Å²) in [7, 11) is 0. The molecule has 0 saturated carbocycles. The molecule has 27 heavy (non-hydrogen) atoms. The van der Waals surface area contributed by atoms with Gasteiger partial charge in [-0.05, 0) is 67.1 Å². The minimum Gasteiger partial charge on any atom is -0.308 e. The minimum atomic E-state index is -0.319. The predicted molar refractivity (Wildman–Crippen MR) is 114 cm³/mol. The molecule has 0 radical (unpaired) electrons. The molecule has 1 aromatic heterocycles.